The zero-order valence-corrected chi connectivity index (χ0v) is 8.90. The van der Waals surface area contributed by atoms with Crippen molar-refractivity contribution in [2.75, 3.05) is 12.1 Å². The second-order valence-electron chi connectivity index (χ2n) is 2.99. The van der Waals surface area contributed by atoms with Crippen LogP contribution in [-0.2, 0) is 11.0 Å². The van der Waals surface area contributed by atoms with Crippen LogP contribution in [0, 0.1) is 0 Å². The Hall–Kier alpha value is -1.20. The summed E-state index contributed by atoms with van der Waals surface area (Å²) in [7, 11) is 0. The van der Waals surface area contributed by atoms with Crippen LogP contribution in [-0.4, -0.2) is 6.61 Å². The Bertz CT molecular complexity index is 379. The Kier molecular flexibility index (Phi) is 4.20. The topological polar surface area (TPSA) is 21.3 Å². The summed E-state index contributed by atoms with van der Waals surface area (Å²) < 4.78 is 36.9. The Labute approximate surface area is 95.6 Å². The monoisotopic (exact) mass is 251 g/mol. The summed E-state index contributed by atoms with van der Waals surface area (Å²) in [6, 6.07) is 4.65. The smallest absolute Gasteiger partial charge is 0.270 e. The van der Waals surface area contributed by atoms with Gasteiger partial charge in [-0.15, -0.1) is 0 Å². The minimum Gasteiger partial charge on any atom is -0.270 e. The van der Waals surface area contributed by atoms with Gasteiger partial charge in [-0.1, -0.05) is 24.2 Å². The van der Waals surface area contributed by atoms with E-state index in [2.05, 4.69) is 12.1 Å². The number of benzene rings is 1. The zero-order chi connectivity index (χ0) is 12.2. The van der Waals surface area contributed by atoms with Crippen molar-refractivity contribution in [2.45, 2.75) is 6.18 Å². The van der Waals surface area contributed by atoms with Crippen molar-refractivity contribution in [3.05, 3.63) is 41.4 Å². The summed E-state index contributed by atoms with van der Waals surface area (Å²) in [5, 5.41) is 0.250. The molecule has 1 aromatic carbocycles. The molecule has 0 fully saturated rings. The molecule has 0 heterocycles. The van der Waals surface area contributed by atoms with Crippen molar-refractivity contribution in [3.63, 3.8) is 0 Å². The standard InChI is InChI=1S/C10H9ClF3NO/c1-7(11)6-16-15-9-4-2-3-8(5-9)10(12,13)14/h2-5,15H,1,6H2. The van der Waals surface area contributed by atoms with Crippen LogP contribution in [0.1, 0.15) is 5.56 Å². The Morgan fingerprint density at radius 3 is 2.69 bits per heavy atom. The highest BCUT2D eigenvalue weighted by Crippen LogP contribution is 2.30. The third kappa shape index (κ3) is 4.12. The lowest BCUT2D eigenvalue weighted by atomic mass is 10.2. The summed E-state index contributed by atoms with van der Waals surface area (Å²) in [4.78, 5) is 4.80. The van der Waals surface area contributed by atoms with Crippen LogP contribution >= 0.6 is 11.6 Å². The largest absolute Gasteiger partial charge is 0.416 e. The van der Waals surface area contributed by atoms with Crippen LogP contribution in [0.15, 0.2) is 35.9 Å². The number of anilines is 1. The molecule has 0 amide bonds. The molecule has 0 bridgehead atoms. The fourth-order valence-electron chi connectivity index (χ4n) is 0.957. The van der Waals surface area contributed by atoms with Gasteiger partial charge >= 0.3 is 6.18 Å². The molecule has 0 radical (unpaired) electrons. The molecule has 0 spiro atoms. The molecular formula is C10H9ClF3NO. The van der Waals surface area contributed by atoms with Crippen molar-refractivity contribution in [2.24, 2.45) is 0 Å². The van der Waals surface area contributed by atoms with Crippen LogP contribution in [0.3, 0.4) is 0 Å². The number of halogens is 4. The van der Waals surface area contributed by atoms with E-state index in [0.717, 1.165) is 12.1 Å². The van der Waals surface area contributed by atoms with Gasteiger partial charge in [0.2, 0.25) is 0 Å². The summed E-state index contributed by atoms with van der Waals surface area (Å²) in [5.74, 6) is 0. The van der Waals surface area contributed by atoms with Crippen LogP contribution in [0.25, 0.3) is 0 Å². The highest BCUT2D eigenvalue weighted by atomic mass is 35.5. The quantitative estimate of drug-likeness (QED) is 0.822. The number of hydrogen-bond acceptors (Lipinski definition) is 2. The molecule has 0 aromatic heterocycles. The molecule has 0 aliphatic carbocycles. The van der Waals surface area contributed by atoms with Crippen LogP contribution in [0.4, 0.5) is 18.9 Å². The van der Waals surface area contributed by atoms with Gasteiger partial charge in [-0.25, -0.2) is 0 Å². The van der Waals surface area contributed by atoms with E-state index in [0.29, 0.717) is 0 Å². The molecule has 1 N–H and O–H groups in total. The normalized spacial score (nSPS) is 11.2. The predicted molar refractivity (Wildman–Crippen MR) is 56.0 cm³/mol. The van der Waals surface area contributed by atoms with E-state index in [1.54, 1.807) is 0 Å². The second kappa shape index (κ2) is 5.23. The molecule has 0 saturated carbocycles. The number of hydrogen-bond donors (Lipinski definition) is 1. The molecule has 6 heteroatoms. The molecule has 1 rings (SSSR count). The maximum Gasteiger partial charge on any atom is 0.416 e. The van der Waals surface area contributed by atoms with E-state index in [-0.39, 0.29) is 17.3 Å². The van der Waals surface area contributed by atoms with Gasteiger partial charge in [-0.2, -0.15) is 13.2 Å². The Morgan fingerprint density at radius 2 is 2.12 bits per heavy atom. The third-order valence-electron chi connectivity index (χ3n) is 1.61. The van der Waals surface area contributed by atoms with Crippen molar-refractivity contribution in [3.8, 4) is 0 Å². The van der Waals surface area contributed by atoms with Crippen molar-refractivity contribution in [1.29, 1.82) is 0 Å². The van der Waals surface area contributed by atoms with E-state index in [4.69, 9.17) is 16.4 Å². The van der Waals surface area contributed by atoms with E-state index >= 15 is 0 Å². The first-order chi connectivity index (χ1) is 7.39. The molecule has 2 nitrogen and oxygen atoms in total. The number of alkyl halides is 3. The highest BCUT2D eigenvalue weighted by molar-refractivity contribution is 6.29. The first kappa shape index (κ1) is 12.9. The number of nitrogens with one attached hydrogen (secondary N) is 1. The molecule has 0 aliphatic rings. The summed E-state index contributed by atoms with van der Waals surface area (Å²) in [6.45, 7) is 3.38. The zero-order valence-electron chi connectivity index (χ0n) is 8.14. The van der Waals surface area contributed by atoms with Crippen LogP contribution < -0.4 is 5.48 Å². The van der Waals surface area contributed by atoms with E-state index in [1.807, 2.05) is 0 Å². The molecule has 0 unspecified atom stereocenters. The second-order valence-corrected chi connectivity index (χ2v) is 3.52. The lowest BCUT2D eigenvalue weighted by molar-refractivity contribution is -0.137. The third-order valence-corrected chi connectivity index (χ3v) is 1.72. The van der Waals surface area contributed by atoms with Gasteiger partial charge < -0.3 is 0 Å². The van der Waals surface area contributed by atoms with Gasteiger partial charge in [-0.3, -0.25) is 10.3 Å². The lowest BCUT2D eigenvalue weighted by Gasteiger charge is -2.10. The first-order valence-electron chi connectivity index (χ1n) is 4.28. The fraction of sp³-hybridized carbons (Fsp3) is 0.200. The van der Waals surface area contributed by atoms with E-state index in [9.17, 15) is 13.2 Å². The van der Waals surface area contributed by atoms with Gasteiger partial charge in [0.15, 0.2) is 0 Å². The number of rotatable bonds is 4. The average molecular weight is 252 g/mol. The maximum atomic E-state index is 12.3. The van der Waals surface area contributed by atoms with Crippen molar-refractivity contribution >= 4 is 17.3 Å². The van der Waals surface area contributed by atoms with Crippen LogP contribution in [0.5, 0.6) is 0 Å². The van der Waals surface area contributed by atoms with E-state index in [1.165, 1.54) is 12.1 Å². The van der Waals surface area contributed by atoms with Gasteiger partial charge in [0, 0.05) is 5.03 Å². The minimum atomic E-state index is -4.37. The average Bonchev–Trinajstić information content (AvgIpc) is 2.16. The molecule has 0 atom stereocenters. The lowest BCUT2D eigenvalue weighted by Crippen LogP contribution is -2.07. The molecule has 0 saturated heterocycles. The van der Waals surface area contributed by atoms with Crippen molar-refractivity contribution in [1.82, 2.24) is 0 Å². The first-order valence-corrected chi connectivity index (χ1v) is 4.66. The predicted octanol–water partition coefficient (Wildman–Crippen LogP) is 3.80. The molecule has 88 valence electrons. The molecule has 1 aromatic rings. The van der Waals surface area contributed by atoms with E-state index < -0.39 is 11.7 Å². The Balaban J connectivity index is 2.64. The summed E-state index contributed by atoms with van der Waals surface area (Å²) in [6.07, 6.45) is -4.37. The Morgan fingerprint density at radius 1 is 1.44 bits per heavy atom. The molecular weight excluding hydrogens is 243 g/mol. The van der Waals surface area contributed by atoms with Gasteiger partial charge in [0.1, 0.15) is 6.61 Å². The maximum absolute atomic E-state index is 12.3. The summed E-state index contributed by atoms with van der Waals surface area (Å²) in [5.41, 5.74) is 1.80. The molecule has 0 aliphatic heterocycles. The highest BCUT2D eigenvalue weighted by Gasteiger charge is 2.30. The SMILES string of the molecule is C=C(Cl)CONc1cccc(C(F)(F)F)c1. The summed E-state index contributed by atoms with van der Waals surface area (Å²) >= 11 is 5.41. The van der Waals surface area contributed by atoms with Gasteiger partial charge in [0.05, 0.1) is 11.3 Å². The van der Waals surface area contributed by atoms with Crippen LogP contribution in [0.2, 0.25) is 0 Å². The minimum absolute atomic E-state index is 0.0117. The van der Waals surface area contributed by atoms with Gasteiger partial charge in [0.25, 0.3) is 0 Å². The van der Waals surface area contributed by atoms with Gasteiger partial charge in [-0.05, 0) is 18.2 Å². The van der Waals surface area contributed by atoms with Crippen molar-refractivity contribution < 1.29 is 18.0 Å². The molecule has 16 heavy (non-hydrogen) atoms. The fourth-order valence-corrected chi connectivity index (χ4v) is 1.01.